The molecule has 1 saturated carbocycles. The minimum atomic E-state index is -0.134. The summed E-state index contributed by atoms with van der Waals surface area (Å²) < 4.78 is 2.77. The number of nitrogens with zero attached hydrogens (tertiary/aromatic N) is 1. The van der Waals surface area contributed by atoms with Gasteiger partial charge < -0.3 is 10.3 Å². The van der Waals surface area contributed by atoms with Crippen molar-refractivity contribution in [3.63, 3.8) is 0 Å². The Morgan fingerprint density at radius 2 is 1.80 bits per heavy atom. The van der Waals surface area contributed by atoms with E-state index in [-0.39, 0.29) is 17.5 Å². The fourth-order valence-corrected chi connectivity index (χ4v) is 4.62. The van der Waals surface area contributed by atoms with Crippen LogP contribution in [0.15, 0.2) is 51.7 Å². The topological polar surface area (TPSA) is 66.9 Å². The van der Waals surface area contributed by atoms with Crippen LogP contribution in [0.2, 0.25) is 0 Å². The van der Waals surface area contributed by atoms with Gasteiger partial charge in [-0.2, -0.15) is 0 Å². The molecule has 2 N–H and O–H groups in total. The molecule has 1 aliphatic carbocycles. The fraction of sp³-hybridized carbons (Fsp3) is 0.348. The molecule has 0 aliphatic heterocycles. The van der Waals surface area contributed by atoms with Crippen LogP contribution in [0.25, 0.3) is 10.9 Å². The Morgan fingerprint density at radius 3 is 2.50 bits per heavy atom. The zero-order chi connectivity index (χ0) is 21.1. The number of hydrogen-bond donors (Lipinski definition) is 2. The molecule has 4 rings (SSSR count). The lowest BCUT2D eigenvalue weighted by Gasteiger charge is -2.16. The summed E-state index contributed by atoms with van der Waals surface area (Å²) in [6, 6.07) is 13.2. The van der Waals surface area contributed by atoms with Crippen molar-refractivity contribution in [2.24, 2.45) is 0 Å². The summed E-state index contributed by atoms with van der Waals surface area (Å²) in [5.74, 6) is -0.0292. The average Bonchev–Trinajstić information content (AvgIpc) is 3.01. The molecule has 7 heteroatoms. The predicted molar refractivity (Wildman–Crippen MR) is 126 cm³/mol. The smallest absolute Gasteiger partial charge is 0.262 e. The van der Waals surface area contributed by atoms with E-state index >= 15 is 0 Å². The number of rotatable bonds is 4. The second-order valence-electron chi connectivity index (χ2n) is 7.87. The van der Waals surface area contributed by atoms with Crippen LogP contribution in [0.4, 0.5) is 0 Å². The molecule has 2 aromatic carbocycles. The third-order valence-electron chi connectivity index (χ3n) is 5.69. The highest BCUT2D eigenvalue weighted by Crippen LogP contribution is 2.18. The molecule has 0 atom stereocenters. The van der Waals surface area contributed by atoms with Gasteiger partial charge in [0.15, 0.2) is 4.77 Å². The molecule has 1 heterocycles. The van der Waals surface area contributed by atoms with Gasteiger partial charge in [0.25, 0.3) is 11.5 Å². The largest absolute Gasteiger partial charge is 0.349 e. The summed E-state index contributed by atoms with van der Waals surface area (Å²) in [6.45, 7) is 0.348. The highest BCUT2D eigenvalue weighted by Gasteiger charge is 2.16. The second-order valence-corrected chi connectivity index (χ2v) is 9.17. The Morgan fingerprint density at radius 1 is 1.10 bits per heavy atom. The van der Waals surface area contributed by atoms with Gasteiger partial charge in [-0.05, 0) is 61.0 Å². The predicted octanol–water partition coefficient (Wildman–Crippen LogP) is 5.32. The lowest BCUT2D eigenvalue weighted by Crippen LogP contribution is -2.34. The maximum absolute atomic E-state index is 12.9. The lowest BCUT2D eigenvalue weighted by molar-refractivity contribution is 0.0933. The van der Waals surface area contributed by atoms with Gasteiger partial charge in [-0.15, -0.1) is 0 Å². The zero-order valence-corrected chi connectivity index (χ0v) is 19.0. The van der Waals surface area contributed by atoms with Crippen molar-refractivity contribution in [1.29, 1.82) is 0 Å². The number of fused-ring (bicyclic) bond motifs is 1. The molecule has 30 heavy (non-hydrogen) atoms. The summed E-state index contributed by atoms with van der Waals surface area (Å²) in [6.07, 6.45) is 7.00. The maximum Gasteiger partial charge on any atom is 0.262 e. The molecule has 0 spiro atoms. The molecule has 0 bridgehead atoms. The van der Waals surface area contributed by atoms with Crippen molar-refractivity contribution in [1.82, 2.24) is 14.9 Å². The Balaban J connectivity index is 1.52. The number of carbonyl (C=O) groups is 1. The Kier molecular flexibility index (Phi) is 6.49. The summed E-state index contributed by atoms with van der Waals surface area (Å²) in [5.41, 5.74) is 2.14. The van der Waals surface area contributed by atoms with Crippen LogP contribution >= 0.6 is 28.1 Å². The van der Waals surface area contributed by atoms with Crippen LogP contribution in [0.3, 0.4) is 0 Å². The van der Waals surface area contributed by atoms with Crippen molar-refractivity contribution >= 4 is 45.0 Å². The number of aromatic amines is 1. The number of nitrogens with one attached hydrogen (secondary N) is 2. The molecule has 3 aromatic rings. The molecule has 1 amide bonds. The first-order valence-corrected chi connectivity index (χ1v) is 11.5. The SMILES string of the molecule is O=C(NC1CCCCCC1)c1ccc(Cn2c(=S)[nH]c3ccc(Br)cc3c2=O)cc1. The van der Waals surface area contributed by atoms with E-state index in [1.807, 2.05) is 36.4 Å². The van der Waals surface area contributed by atoms with Crippen molar-refractivity contribution in [2.45, 2.75) is 51.1 Å². The Labute approximate surface area is 188 Å². The number of benzene rings is 2. The molecule has 1 fully saturated rings. The number of aromatic nitrogens is 2. The standard InChI is InChI=1S/C23H24BrN3O2S/c24-17-11-12-20-19(13-17)22(29)27(23(30)26-20)14-15-7-9-16(10-8-15)21(28)25-18-5-3-1-2-4-6-18/h7-13,18H,1-6,14H2,(H,25,28)(H,26,30). The molecular weight excluding hydrogens is 462 g/mol. The van der Waals surface area contributed by atoms with Crippen LogP contribution in [0, 0.1) is 4.77 Å². The van der Waals surface area contributed by atoms with Gasteiger partial charge in [-0.1, -0.05) is 53.7 Å². The van der Waals surface area contributed by atoms with Crippen LogP contribution in [-0.4, -0.2) is 21.5 Å². The van der Waals surface area contributed by atoms with Crippen LogP contribution < -0.4 is 10.9 Å². The van der Waals surface area contributed by atoms with E-state index in [1.165, 1.54) is 25.7 Å². The van der Waals surface area contributed by atoms with E-state index in [4.69, 9.17) is 12.2 Å². The second kappa shape index (κ2) is 9.27. The van der Waals surface area contributed by atoms with E-state index < -0.39 is 0 Å². The first kappa shape index (κ1) is 21.0. The van der Waals surface area contributed by atoms with Crippen LogP contribution in [-0.2, 0) is 6.54 Å². The first-order chi connectivity index (χ1) is 14.5. The lowest BCUT2D eigenvalue weighted by atomic mass is 10.1. The van der Waals surface area contributed by atoms with E-state index in [9.17, 15) is 9.59 Å². The van der Waals surface area contributed by atoms with Gasteiger partial charge in [0.1, 0.15) is 0 Å². The molecule has 1 aliphatic rings. The molecule has 0 unspecified atom stereocenters. The molecule has 0 radical (unpaired) electrons. The number of hydrogen-bond acceptors (Lipinski definition) is 3. The van der Waals surface area contributed by atoms with Crippen LogP contribution in [0.1, 0.15) is 54.4 Å². The highest BCUT2D eigenvalue weighted by atomic mass is 79.9. The van der Waals surface area contributed by atoms with E-state index in [0.717, 1.165) is 28.4 Å². The molecule has 1 aromatic heterocycles. The van der Waals surface area contributed by atoms with E-state index in [0.29, 0.717) is 22.3 Å². The molecule has 156 valence electrons. The Hall–Kier alpha value is -2.25. The number of halogens is 1. The van der Waals surface area contributed by atoms with Crippen molar-refractivity contribution < 1.29 is 4.79 Å². The third kappa shape index (κ3) is 4.73. The maximum atomic E-state index is 12.9. The minimum absolute atomic E-state index is 0.0292. The van der Waals surface area contributed by atoms with Crippen molar-refractivity contribution in [2.75, 3.05) is 0 Å². The number of amides is 1. The van der Waals surface area contributed by atoms with Crippen molar-refractivity contribution in [3.05, 3.63) is 73.2 Å². The summed E-state index contributed by atoms with van der Waals surface area (Å²) in [7, 11) is 0. The first-order valence-electron chi connectivity index (χ1n) is 10.3. The fourth-order valence-electron chi connectivity index (χ4n) is 4.00. The van der Waals surface area contributed by atoms with Crippen molar-refractivity contribution in [3.8, 4) is 0 Å². The molecule has 0 saturated heterocycles. The van der Waals surface area contributed by atoms with Gasteiger partial charge in [0, 0.05) is 16.1 Å². The third-order valence-corrected chi connectivity index (χ3v) is 6.51. The zero-order valence-electron chi connectivity index (χ0n) is 16.6. The summed E-state index contributed by atoms with van der Waals surface area (Å²) in [5, 5.41) is 3.75. The molecular formula is C23H24BrN3O2S. The number of H-pyrrole nitrogens is 1. The van der Waals surface area contributed by atoms with E-state index in [1.54, 1.807) is 10.6 Å². The quantitative estimate of drug-likeness (QED) is 0.388. The summed E-state index contributed by atoms with van der Waals surface area (Å²) >= 11 is 8.81. The van der Waals surface area contributed by atoms with Gasteiger partial charge in [0.05, 0.1) is 17.4 Å². The normalized spacial score (nSPS) is 15.1. The minimum Gasteiger partial charge on any atom is -0.349 e. The number of carbonyl (C=O) groups excluding carboxylic acids is 1. The van der Waals surface area contributed by atoms with Gasteiger partial charge in [0.2, 0.25) is 0 Å². The summed E-state index contributed by atoms with van der Waals surface area (Å²) in [4.78, 5) is 28.6. The van der Waals surface area contributed by atoms with E-state index in [2.05, 4.69) is 26.2 Å². The van der Waals surface area contributed by atoms with Gasteiger partial charge in [-0.3, -0.25) is 14.2 Å². The highest BCUT2D eigenvalue weighted by molar-refractivity contribution is 9.10. The Bertz CT molecular complexity index is 1180. The molecule has 5 nitrogen and oxygen atoms in total. The average molecular weight is 486 g/mol. The monoisotopic (exact) mass is 485 g/mol. The van der Waals surface area contributed by atoms with Gasteiger partial charge in [-0.25, -0.2) is 0 Å². The van der Waals surface area contributed by atoms with Crippen LogP contribution in [0.5, 0.6) is 0 Å². The van der Waals surface area contributed by atoms with Gasteiger partial charge >= 0.3 is 0 Å².